The zero-order valence-electron chi connectivity index (χ0n) is 12.2. The summed E-state index contributed by atoms with van der Waals surface area (Å²) >= 11 is 0. The van der Waals surface area contributed by atoms with Gasteiger partial charge in [-0.3, -0.25) is 9.52 Å². The van der Waals surface area contributed by atoms with Crippen LogP contribution in [0.25, 0.3) is 0 Å². The van der Waals surface area contributed by atoms with Gasteiger partial charge in [-0.1, -0.05) is 18.2 Å². The Morgan fingerprint density at radius 3 is 2.36 bits per heavy atom. The summed E-state index contributed by atoms with van der Waals surface area (Å²) in [7, 11) is -0.910. The fraction of sp³-hybridized carbons (Fsp3) is 0.133. The Morgan fingerprint density at radius 2 is 1.77 bits per heavy atom. The lowest BCUT2D eigenvalue weighted by Crippen LogP contribution is -2.20. The second kappa shape index (κ2) is 6.48. The first-order valence-electron chi connectivity index (χ1n) is 6.46. The summed E-state index contributed by atoms with van der Waals surface area (Å²) in [6, 6.07) is 12.6. The number of amides is 1. The van der Waals surface area contributed by atoms with E-state index >= 15 is 0 Å². The quantitative estimate of drug-likeness (QED) is 0.880. The molecule has 0 saturated carbocycles. The van der Waals surface area contributed by atoms with Crippen LogP contribution in [-0.4, -0.2) is 28.5 Å². The Bertz CT molecular complexity index is 773. The number of ether oxygens (including phenoxy) is 1. The van der Waals surface area contributed by atoms with E-state index in [0.717, 1.165) is 0 Å². The Kier molecular flexibility index (Phi) is 4.67. The minimum atomic E-state index is -3.79. The molecular weight excluding hydrogens is 304 g/mol. The van der Waals surface area contributed by atoms with Crippen LogP contribution in [0.5, 0.6) is 5.75 Å². The van der Waals surface area contributed by atoms with E-state index in [1.807, 2.05) is 0 Å². The van der Waals surface area contributed by atoms with E-state index in [9.17, 15) is 13.2 Å². The van der Waals surface area contributed by atoms with Gasteiger partial charge < -0.3 is 10.1 Å². The maximum Gasteiger partial charge on any atom is 0.261 e. The number of para-hydroxylation sites is 1. The molecule has 2 aromatic carbocycles. The van der Waals surface area contributed by atoms with Gasteiger partial charge >= 0.3 is 0 Å². The van der Waals surface area contributed by atoms with Crippen molar-refractivity contribution in [2.45, 2.75) is 4.90 Å². The van der Waals surface area contributed by atoms with Crippen molar-refractivity contribution in [2.75, 3.05) is 18.9 Å². The average Bonchev–Trinajstić information content (AvgIpc) is 2.54. The van der Waals surface area contributed by atoms with Crippen molar-refractivity contribution in [3.8, 4) is 5.75 Å². The van der Waals surface area contributed by atoms with Crippen molar-refractivity contribution in [1.29, 1.82) is 0 Å². The zero-order valence-corrected chi connectivity index (χ0v) is 13.0. The van der Waals surface area contributed by atoms with E-state index in [1.54, 1.807) is 30.3 Å². The van der Waals surface area contributed by atoms with Gasteiger partial charge in [0.2, 0.25) is 0 Å². The second-order valence-electron chi connectivity index (χ2n) is 4.41. The molecule has 0 bridgehead atoms. The molecule has 2 rings (SSSR count). The molecule has 0 aliphatic heterocycles. The van der Waals surface area contributed by atoms with Gasteiger partial charge in [0.05, 0.1) is 17.6 Å². The number of benzene rings is 2. The normalized spacial score (nSPS) is 10.8. The molecule has 116 valence electrons. The zero-order chi connectivity index (χ0) is 16.2. The fourth-order valence-corrected chi connectivity index (χ4v) is 2.97. The van der Waals surface area contributed by atoms with Crippen LogP contribution in [0.3, 0.4) is 0 Å². The lowest BCUT2D eigenvalue weighted by molar-refractivity contribution is 0.0960. The van der Waals surface area contributed by atoms with E-state index in [4.69, 9.17) is 4.74 Å². The molecule has 0 saturated heterocycles. The lowest BCUT2D eigenvalue weighted by atomic mass is 10.2. The highest BCUT2D eigenvalue weighted by atomic mass is 32.2. The number of carbonyl (C=O) groups excluding carboxylic acids is 1. The number of anilines is 1. The van der Waals surface area contributed by atoms with Crippen molar-refractivity contribution in [3.63, 3.8) is 0 Å². The summed E-state index contributed by atoms with van der Waals surface area (Å²) in [4.78, 5) is 11.8. The summed E-state index contributed by atoms with van der Waals surface area (Å²) in [5, 5.41) is 2.45. The van der Waals surface area contributed by atoms with Crippen LogP contribution in [-0.2, 0) is 10.0 Å². The van der Waals surface area contributed by atoms with E-state index in [-0.39, 0.29) is 10.5 Å². The Labute approximate surface area is 129 Å². The largest absolute Gasteiger partial charge is 0.496 e. The number of hydrogen-bond acceptors (Lipinski definition) is 4. The SMILES string of the molecule is CNC(=O)c1cc(S(=O)(=O)Nc2ccccc2)ccc1OC. The maximum atomic E-state index is 12.4. The van der Waals surface area contributed by atoms with Gasteiger partial charge in [-0.2, -0.15) is 0 Å². The molecule has 0 fully saturated rings. The molecule has 1 amide bonds. The summed E-state index contributed by atoms with van der Waals surface area (Å²) in [5.41, 5.74) is 0.598. The summed E-state index contributed by atoms with van der Waals surface area (Å²) in [6.45, 7) is 0. The van der Waals surface area contributed by atoms with Gasteiger partial charge in [-0.05, 0) is 30.3 Å². The number of carbonyl (C=O) groups is 1. The minimum Gasteiger partial charge on any atom is -0.496 e. The number of nitrogens with one attached hydrogen (secondary N) is 2. The standard InChI is InChI=1S/C15H16N2O4S/c1-16-15(18)13-10-12(8-9-14(13)21-2)22(19,20)17-11-6-4-3-5-7-11/h3-10,17H,1-2H3,(H,16,18). The molecular formula is C15H16N2O4S. The number of methoxy groups -OCH3 is 1. The minimum absolute atomic E-state index is 0.0178. The van der Waals surface area contributed by atoms with Gasteiger partial charge in [-0.25, -0.2) is 8.42 Å². The van der Waals surface area contributed by atoms with E-state index in [0.29, 0.717) is 11.4 Å². The van der Waals surface area contributed by atoms with Crippen LogP contribution in [0.1, 0.15) is 10.4 Å². The molecule has 0 radical (unpaired) electrons. The Balaban J connectivity index is 2.41. The van der Waals surface area contributed by atoms with Crippen molar-refractivity contribution in [2.24, 2.45) is 0 Å². The molecule has 0 atom stereocenters. The molecule has 2 aromatic rings. The van der Waals surface area contributed by atoms with Crippen LogP contribution in [0.15, 0.2) is 53.4 Å². The summed E-state index contributed by atoms with van der Waals surface area (Å²) in [6.07, 6.45) is 0. The van der Waals surface area contributed by atoms with Crippen LogP contribution in [0.2, 0.25) is 0 Å². The molecule has 2 N–H and O–H groups in total. The second-order valence-corrected chi connectivity index (χ2v) is 6.10. The average molecular weight is 320 g/mol. The van der Waals surface area contributed by atoms with Crippen molar-refractivity contribution < 1.29 is 17.9 Å². The molecule has 0 aromatic heterocycles. The molecule has 6 nitrogen and oxygen atoms in total. The first-order chi connectivity index (χ1) is 10.5. The molecule has 0 aliphatic carbocycles. The molecule has 0 aliphatic rings. The third-order valence-corrected chi connectivity index (χ3v) is 4.36. The predicted molar refractivity (Wildman–Crippen MR) is 83.6 cm³/mol. The number of sulfonamides is 1. The predicted octanol–water partition coefficient (Wildman–Crippen LogP) is 1.86. The monoisotopic (exact) mass is 320 g/mol. The number of rotatable bonds is 5. The van der Waals surface area contributed by atoms with E-state index in [2.05, 4.69) is 10.0 Å². The van der Waals surface area contributed by atoms with Crippen LogP contribution in [0, 0.1) is 0 Å². The third kappa shape index (κ3) is 3.37. The van der Waals surface area contributed by atoms with Crippen LogP contribution in [0.4, 0.5) is 5.69 Å². The molecule has 7 heteroatoms. The van der Waals surface area contributed by atoms with Gasteiger partial charge in [0.15, 0.2) is 0 Å². The van der Waals surface area contributed by atoms with Gasteiger partial charge in [0.25, 0.3) is 15.9 Å². The Hall–Kier alpha value is -2.54. The fourth-order valence-electron chi connectivity index (χ4n) is 1.89. The first kappa shape index (κ1) is 15.8. The summed E-state index contributed by atoms with van der Waals surface area (Å²) < 4.78 is 32.3. The van der Waals surface area contributed by atoms with Crippen LogP contribution < -0.4 is 14.8 Å². The lowest BCUT2D eigenvalue weighted by Gasteiger charge is -2.11. The highest BCUT2D eigenvalue weighted by molar-refractivity contribution is 7.92. The molecule has 22 heavy (non-hydrogen) atoms. The van der Waals surface area contributed by atoms with Gasteiger partial charge in [0, 0.05) is 12.7 Å². The molecule has 0 heterocycles. The highest BCUT2D eigenvalue weighted by Gasteiger charge is 2.19. The molecule has 0 unspecified atom stereocenters. The van der Waals surface area contributed by atoms with Crippen molar-refractivity contribution in [3.05, 3.63) is 54.1 Å². The highest BCUT2D eigenvalue weighted by Crippen LogP contribution is 2.24. The van der Waals surface area contributed by atoms with Crippen molar-refractivity contribution in [1.82, 2.24) is 5.32 Å². The van der Waals surface area contributed by atoms with Gasteiger partial charge in [0.1, 0.15) is 5.75 Å². The first-order valence-corrected chi connectivity index (χ1v) is 7.94. The van der Waals surface area contributed by atoms with Gasteiger partial charge in [-0.15, -0.1) is 0 Å². The van der Waals surface area contributed by atoms with Crippen molar-refractivity contribution >= 4 is 21.6 Å². The smallest absolute Gasteiger partial charge is 0.261 e. The Morgan fingerprint density at radius 1 is 1.09 bits per heavy atom. The maximum absolute atomic E-state index is 12.4. The van der Waals surface area contributed by atoms with E-state index < -0.39 is 15.9 Å². The third-order valence-electron chi connectivity index (χ3n) is 2.98. The molecule has 0 spiro atoms. The number of hydrogen-bond donors (Lipinski definition) is 2. The van der Waals surface area contributed by atoms with Crippen LogP contribution >= 0.6 is 0 Å². The summed E-state index contributed by atoms with van der Waals surface area (Å²) in [5.74, 6) is -0.119. The van der Waals surface area contributed by atoms with E-state index in [1.165, 1.54) is 32.4 Å². The topological polar surface area (TPSA) is 84.5 Å².